The number of nitrogens with one attached hydrogen (secondary N) is 2. The van der Waals surface area contributed by atoms with Gasteiger partial charge in [-0.2, -0.15) is 0 Å². The van der Waals surface area contributed by atoms with Crippen LogP contribution >= 0.6 is 0 Å². The van der Waals surface area contributed by atoms with Crippen LogP contribution < -0.4 is 16.6 Å². The Morgan fingerprint density at radius 3 is 2.59 bits per heavy atom. The van der Waals surface area contributed by atoms with Crippen molar-refractivity contribution in [1.82, 2.24) is 15.2 Å². The van der Waals surface area contributed by atoms with Gasteiger partial charge in [-0.1, -0.05) is 12.1 Å². The van der Waals surface area contributed by atoms with Gasteiger partial charge in [-0.25, -0.2) is 19.4 Å². The van der Waals surface area contributed by atoms with Gasteiger partial charge in [0.25, 0.3) is 5.91 Å². The Morgan fingerprint density at radius 1 is 1.12 bits per heavy atom. The van der Waals surface area contributed by atoms with E-state index in [0.717, 1.165) is 6.07 Å². The number of benzene rings is 2. The number of carbonyl (C=O) groups is 2. The number of carbonyl (C=O) groups excluding carboxylic acids is 2. The van der Waals surface area contributed by atoms with E-state index in [4.69, 9.17) is 10.6 Å². The van der Waals surface area contributed by atoms with E-state index in [2.05, 4.69) is 10.2 Å². The van der Waals surface area contributed by atoms with Crippen molar-refractivity contribution < 1.29 is 23.1 Å². The molecular weight excluding hydrogens is 420 g/mol. The van der Waals surface area contributed by atoms with Gasteiger partial charge in [0.2, 0.25) is 0 Å². The van der Waals surface area contributed by atoms with Crippen LogP contribution in [0.5, 0.6) is 0 Å². The second-order valence-electron chi connectivity index (χ2n) is 7.96. The summed E-state index contributed by atoms with van der Waals surface area (Å²) >= 11 is 0. The summed E-state index contributed by atoms with van der Waals surface area (Å²) < 4.78 is 33.5. The van der Waals surface area contributed by atoms with Crippen molar-refractivity contribution in [2.24, 2.45) is 5.84 Å². The second kappa shape index (κ2) is 9.60. The molecule has 3 amide bonds. The predicted octanol–water partition coefficient (Wildman–Crippen LogP) is 1.73. The first-order valence-corrected chi connectivity index (χ1v) is 10.4. The van der Waals surface area contributed by atoms with Crippen LogP contribution in [0.2, 0.25) is 0 Å². The van der Waals surface area contributed by atoms with Gasteiger partial charge in [-0.05, 0) is 42.3 Å². The molecule has 8 nitrogen and oxygen atoms in total. The van der Waals surface area contributed by atoms with Crippen molar-refractivity contribution in [2.75, 3.05) is 38.2 Å². The molecule has 1 atom stereocenters. The molecule has 4 rings (SSSR count). The zero-order chi connectivity index (χ0) is 22.7. The summed E-state index contributed by atoms with van der Waals surface area (Å²) in [6.07, 6.45) is 0.261. The van der Waals surface area contributed by atoms with Crippen molar-refractivity contribution in [2.45, 2.75) is 18.5 Å². The molecule has 2 fully saturated rings. The lowest BCUT2D eigenvalue weighted by Crippen LogP contribution is -2.62. The molecule has 2 aliphatic rings. The number of nitrogens with two attached hydrogens (primary N) is 1. The molecule has 0 spiro atoms. The molecule has 0 aliphatic carbocycles. The third-order valence-electron chi connectivity index (χ3n) is 5.89. The number of hydrazine groups is 1. The largest absolute Gasteiger partial charge is 0.378 e. The van der Waals surface area contributed by atoms with Crippen molar-refractivity contribution in [3.63, 3.8) is 0 Å². The standard InChI is InChI=1S/C22H25F2N5O3/c23-16-2-1-3-17(10-16)26-22(31)29-7-6-28(19-12-32-13-19)11-18(29)8-14-4-5-15(9-20(14)24)21(30)27-25/h1-5,9-10,18-19H,6-8,11-13,25H2,(H,26,31)(H,27,30). The fourth-order valence-corrected chi connectivity index (χ4v) is 4.04. The number of hydrogen-bond acceptors (Lipinski definition) is 5. The maximum absolute atomic E-state index is 14.7. The first kappa shape index (κ1) is 22.1. The van der Waals surface area contributed by atoms with E-state index >= 15 is 0 Å². The molecule has 0 saturated carbocycles. The molecule has 2 aromatic carbocycles. The van der Waals surface area contributed by atoms with Crippen LogP contribution in [0.1, 0.15) is 15.9 Å². The lowest BCUT2D eigenvalue weighted by Gasteiger charge is -2.46. The van der Waals surface area contributed by atoms with Crippen LogP contribution in [0.3, 0.4) is 0 Å². The Bertz CT molecular complexity index is 1000. The van der Waals surface area contributed by atoms with Gasteiger partial charge in [-0.3, -0.25) is 15.1 Å². The maximum Gasteiger partial charge on any atom is 0.322 e. The molecular formula is C22H25F2N5O3. The number of anilines is 1. The maximum atomic E-state index is 14.7. The van der Waals surface area contributed by atoms with E-state index in [1.165, 1.54) is 30.3 Å². The van der Waals surface area contributed by atoms with Gasteiger partial charge in [0.05, 0.1) is 25.3 Å². The average Bonchev–Trinajstić information content (AvgIpc) is 2.73. The van der Waals surface area contributed by atoms with E-state index < -0.39 is 17.5 Å². The summed E-state index contributed by atoms with van der Waals surface area (Å²) in [6.45, 7) is 2.94. The fraction of sp³-hybridized carbons (Fsp3) is 0.364. The smallest absolute Gasteiger partial charge is 0.322 e. The lowest BCUT2D eigenvalue weighted by atomic mass is 9.99. The average molecular weight is 445 g/mol. The summed E-state index contributed by atoms with van der Waals surface area (Å²) in [7, 11) is 0. The molecule has 0 radical (unpaired) electrons. The highest BCUT2D eigenvalue weighted by molar-refractivity contribution is 5.93. The monoisotopic (exact) mass is 445 g/mol. The summed E-state index contributed by atoms with van der Waals surface area (Å²) in [5.74, 6) is 3.55. The first-order chi connectivity index (χ1) is 15.4. The number of nitrogen functional groups attached to an aromatic ring is 1. The summed E-state index contributed by atoms with van der Waals surface area (Å²) in [6, 6.07) is 9.44. The van der Waals surface area contributed by atoms with Crippen LogP contribution in [-0.4, -0.2) is 66.7 Å². The molecule has 2 heterocycles. The Labute approximate surface area is 184 Å². The number of amides is 3. The van der Waals surface area contributed by atoms with Gasteiger partial charge in [0.15, 0.2) is 0 Å². The third kappa shape index (κ3) is 4.87. The highest BCUT2D eigenvalue weighted by Gasteiger charge is 2.36. The molecule has 10 heteroatoms. The van der Waals surface area contributed by atoms with Gasteiger partial charge in [0.1, 0.15) is 11.6 Å². The van der Waals surface area contributed by atoms with Crippen LogP contribution in [0, 0.1) is 11.6 Å². The minimum Gasteiger partial charge on any atom is -0.378 e. The highest BCUT2D eigenvalue weighted by Crippen LogP contribution is 2.23. The van der Waals surface area contributed by atoms with Crippen molar-refractivity contribution in [1.29, 1.82) is 0 Å². The summed E-state index contributed by atoms with van der Waals surface area (Å²) in [5.41, 5.74) is 2.84. The van der Waals surface area contributed by atoms with Crippen LogP contribution in [0.25, 0.3) is 0 Å². The third-order valence-corrected chi connectivity index (χ3v) is 5.89. The molecule has 2 aliphatic heterocycles. The SMILES string of the molecule is NNC(=O)c1ccc(CC2CN(C3COC3)CCN2C(=O)Nc2cccc(F)c2)c(F)c1. The van der Waals surface area contributed by atoms with Crippen LogP contribution in [0.15, 0.2) is 42.5 Å². The zero-order valence-electron chi connectivity index (χ0n) is 17.4. The number of piperazine rings is 1. The molecule has 32 heavy (non-hydrogen) atoms. The summed E-state index contributed by atoms with van der Waals surface area (Å²) in [4.78, 5) is 28.5. The van der Waals surface area contributed by atoms with Gasteiger partial charge >= 0.3 is 6.03 Å². The zero-order valence-corrected chi connectivity index (χ0v) is 17.4. The van der Waals surface area contributed by atoms with E-state index in [1.807, 2.05) is 5.43 Å². The van der Waals surface area contributed by atoms with E-state index in [1.54, 1.807) is 11.0 Å². The Hall–Kier alpha value is -3.08. The number of urea groups is 1. The number of rotatable bonds is 5. The fourth-order valence-electron chi connectivity index (χ4n) is 4.04. The molecule has 1 unspecified atom stereocenters. The molecule has 170 valence electrons. The molecule has 4 N–H and O–H groups in total. The Kier molecular flexibility index (Phi) is 6.63. The Morgan fingerprint density at radius 2 is 1.94 bits per heavy atom. The normalized spacial score (nSPS) is 19.3. The number of halogens is 2. The topological polar surface area (TPSA) is 99.9 Å². The van der Waals surface area contributed by atoms with E-state index in [9.17, 15) is 18.4 Å². The van der Waals surface area contributed by atoms with Crippen LogP contribution in [0.4, 0.5) is 19.3 Å². The molecule has 0 bridgehead atoms. The molecule has 2 aromatic rings. The van der Waals surface area contributed by atoms with Gasteiger partial charge in [-0.15, -0.1) is 0 Å². The first-order valence-electron chi connectivity index (χ1n) is 10.4. The van der Waals surface area contributed by atoms with Crippen molar-refractivity contribution in [3.05, 3.63) is 65.2 Å². The Balaban J connectivity index is 1.52. The highest BCUT2D eigenvalue weighted by atomic mass is 19.1. The lowest BCUT2D eigenvalue weighted by molar-refractivity contribution is -0.0812. The quantitative estimate of drug-likeness (QED) is 0.370. The minimum atomic E-state index is -0.583. The summed E-state index contributed by atoms with van der Waals surface area (Å²) in [5, 5.41) is 2.73. The number of ether oxygens (including phenoxy) is 1. The van der Waals surface area contributed by atoms with Crippen molar-refractivity contribution >= 4 is 17.6 Å². The van der Waals surface area contributed by atoms with Crippen molar-refractivity contribution in [3.8, 4) is 0 Å². The second-order valence-corrected chi connectivity index (χ2v) is 7.96. The van der Waals surface area contributed by atoms with Crippen LogP contribution in [-0.2, 0) is 11.2 Å². The predicted molar refractivity (Wildman–Crippen MR) is 114 cm³/mol. The number of hydrogen-bond donors (Lipinski definition) is 3. The van der Waals surface area contributed by atoms with Gasteiger partial charge < -0.3 is 15.0 Å². The molecule has 0 aromatic heterocycles. The van der Waals surface area contributed by atoms with E-state index in [-0.39, 0.29) is 30.1 Å². The minimum absolute atomic E-state index is 0.117. The number of nitrogens with zero attached hydrogens (tertiary/aromatic N) is 2. The van der Waals surface area contributed by atoms with E-state index in [0.29, 0.717) is 44.1 Å². The van der Waals surface area contributed by atoms with Gasteiger partial charge in [0, 0.05) is 30.9 Å². The molecule has 2 saturated heterocycles.